The summed E-state index contributed by atoms with van der Waals surface area (Å²) in [6.45, 7) is 12.0. The highest BCUT2D eigenvalue weighted by Gasteiger charge is 2.20. The Hall–Kier alpha value is -2.21. The van der Waals surface area contributed by atoms with E-state index in [-0.39, 0.29) is 34.7 Å². The number of carboxylic acids is 1. The number of carboxylic acid groups (broad SMARTS) is 1. The Balaban J connectivity index is 2.67. The van der Waals surface area contributed by atoms with E-state index in [1.807, 2.05) is 34.6 Å². The summed E-state index contributed by atoms with van der Waals surface area (Å²) in [7, 11) is 0. The topological polar surface area (TPSA) is 92.7 Å². The standard InChI is InChI=1S/C23H35NO5/c1-7-20(25)17-12-18(22(27)28)14-19(13-17)24-23(5,6)10-11-29-16(4)8-9-21(26)15(2)3/h12-16,24H,7-11H2,1-6H3,(H,27,28). The van der Waals surface area contributed by atoms with Gasteiger partial charge in [0.25, 0.3) is 0 Å². The quantitative estimate of drug-likeness (QED) is 0.450. The van der Waals surface area contributed by atoms with Gasteiger partial charge in [-0.15, -0.1) is 0 Å². The number of aromatic carboxylic acids is 1. The molecule has 6 heteroatoms. The van der Waals surface area contributed by atoms with Gasteiger partial charge in [0, 0.05) is 42.2 Å². The Labute approximate surface area is 174 Å². The average Bonchev–Trinajstić information content (AvgIpc) is 2.64. The molecule has 0 bridgehead atoms. The van der Waals surface area contributed by atoms with Gasteiger partial charge in [-0.3, -0.25) is 9.59 Å². The van der Waals surface area contributed by atoms with Crippen molar-refractivity contribution < 1.29 is 24.2 Å². The molecule has 1 atom stereocenters. The van der Waals surface area contributed by atoms with Gasteiger partial charge in [-0.05, 0) is 51.8 Å². The molecule has 0 aliphatic rings. The van der Waals surface area contributed by atoms with Gasteiger partial charge in [0.05, 0.1) is 11.7 Å². The molecular formula is C23H35NO5. The van der Waals surface area contributed by atoms with Crippen LogP contribution in [-0.4, -0.2) is 40.9 Å². The lowest BCUT2D eigenvalue weighted by molar-refractivity contribution is -0.122. The molecule has 29 heavy (non-hydrogen) atoms. The predicted molar refractivity (Wildman–Crippen MR) is 115 cm³/mol. The van der Waals surface area contributed by atoms with Crippen LogP contribution < -0.4 is 5.32 Å². The van der Waals surface area contributed by atoms with Gasteiger partial charge in [-0.25, -0.2) is 4.79 Å². The highest BCUT2D eigenvalue weighted by atomic mass is 16.5. The Morgan fingerprint density at radius 2 is 1.72 bits per heavy atom. The normalized spacial score (nSPS) is 12.7. The average molecular weight is 406 g/mol. The number of Topliss-reactive ketones (excluding diaryl/α,β-unsaturated/α-hetero) is 2. The predicted octanol–water partition coefficient (Wildman–Crippen LogP) is 4.97. The lowest BCUT2D eigenvalue weighted by atomic mass is 9.98. The van der Waals surface area contributed by atoms with E-state index >= 15 is 0 Å². The molecule has 6 nitrogen and oxygen atoms in total. The van der Waals surface area contributed by atoms with Crippen LogP contribution in [0.3, 0.4) is 0 Å². The molecule has 0 heterocycles. The van der Waals surface area contributed by atoms with Gasteiger partial charge in [-0.1, -0.05) is 20.8 Å². The monoisotopic (exact) mass is 405 g/mol. The van der Waals surface area contributed by atoms with Gasteiger partial charge in [0.2, 0.25) is 0 Å². The second-order valence-electron chi connectivity index (χ2n) is 8.48. The van der Waals surface area contributed by atoms with Crippen molar-refractivity contribution in [1.29, 1.82) is 0 Å². The molecule has 0 saturated heterocycles. The van der Waals surface area contributed by atoms with Crippen molar-refractivity contribution in [3.05, 3.63) is 29.3 Å². The summed E-state index contributed by atoms with van der Waals surface area (Å²) in [5.74, 6) is -0.860. The highest BCUT2D eigenvalue weighted by molar-refractivity contribution is 6.00. The maximum absolute atomic E-state index is 12.0. The van der Waals surface area contributed by atoms with Crippen molar-refractivity contribution in [3.63, 3.8) is 0 Å². The summed E-state index contributed by atoms with van der Waals surface area (Å²) in [5, 5.41) is 12.7. The van der Waals surface area contributed by atoms with Crippen LogP contribution in [0.4, 0.5) is 5.69 Å². The van der Waals surface area contributed by atoms with E-state index in [1.165, 1.54) is 12.1 Å². The van der Waals surface area contributed by atoms with Crippen LogP contribution in [0.5, 0.6) is 0 Å². The molecule has 162 valence electrons. The van der Waals surface area contributed by atoms with Crippen LogP contribution in [0.1, 0.15) is 87.9 Å². The zero-order chi connectivity index (χ0) is 22.2. The van der Waals surface area contributed by atoms with Crippen molar-refractivity contribution in [2.24, 2.45) is 5.92 Å². The molecule has 0 aliphatic heterocycles. The molecule has 0 saturated carbocycles. The minimum atomic E-state index is -1.07. The molecule has 0 amide bonds. The third kappa shape index (κ3) is 8.77. The van der Waals surface area contributed by atoms with Gasteiger partial charge < -0.3 is 15.2 Å². The van der Waals surface area contributed by atoms with E-state index in [0.717, 1.165) is 0 Å². The van der Waals surface area contributed by atoms with Gasteiger partial charge in [0.15, 0.2) is 5.78 Å². The zero-order valence-corrected chi connectivity index (χ0v) is 18.5. The zero-order valence-electron chi connectivity index (χ0n) is 18.5. The summed E-state index contributed by atoms with van der Waals surface area (Å²) in [4.78, 5) is 35.2. The molecule has 0 aromatic heterocycles. The number of carbonyl (C=O) groups is 3. The molecule has 1 aromatic rings. The van der Waals surface area contributed by atoms with Crippen LogP contribution in [0.2, 0.25) is 0 Å². The van der Waals surface area contributed by atoms with Crippen molar-refractivity contribution in [2.45, 2.75) is 78.9 Å². The molecule has 0 aliphatic carbocycles. The number of hydrogen-bond donors (Lipinski definition) is 2. The Bertz CT molecular complexity index is 724. The number of nitrogens with one attached hydrogen (secondary N) is 1. The summed E-state index contributed by atoms with van der Waals surface area (Å²) in [6, 6.07) is 4.65. The Kier molecular flexibility index (Phi) is 9.50. The van der Waals surface area contributed by atoms with Gasteiger partial charge in [0.1, 0.15) is 5.78 Å². The van der Waals surface area contributed by atoms with Crippen molar-refractivity contribution in [3.8, 4) is 0 Å². The van der Waals surface area contributed by atoms with E-state index in [9.17, 15) is 19.5 Å². The van der Waals surface area contributed by atoms with E-state index in [2.05, 4.69) is 5.32 Å². The van der Waals surface area contributed by atoms with Crippen molar-refractivity contribution in [1.82, 2.24) is 0 Å². The van der Waals surface area contributed by atoms with Crippen molar-refractivity contribution in [2.75, 3.05) is 11.9 Å². The molecule has 0 radical (unpaired) electrons. The molecule has 2 N–H and O–H groups in total. The largest absolute Gasteiger partial charge is 0.478 e. The molecule has 1 aromatic carbocycles. The van der Waals surface area contributed by atoms with E-state index in [0.29, 0.717) is 43.5 Å². The number of ether oxygens (including phenoxy) is 1. The lowest BCUT2D eigenvalue weighted by Gasteiger charge is -2.28. The van der Waals surface area contributed by atoms with Crippen LogP contribution in [0.25, 0.3) is 0 Å². The highest BCUT2D eigenvalue weighted by Crippen LogP contribution is 2.23. The fourth-order valence-electron chi connectivity index (χ4n) is 2.87. The van der Waals surface area contributed by atoms with E-state index in [1.54, 1.807) is 13.0 Å². The van der Waals surface area contributed by atoms with Gasteiger partial charge >= 0.3 is 5.97 Å². The van der Waals surface area contributed by atoms with Crippen LogP contribution in [0.15, 0.2) is 18.2 Å². The van der Waals surface area contributed by atoms with E-state index in [4.69, 9.17) is 4.74 Å². The summed E-state index contributed by atoms with van der Waals surface area (Å²) in [5.41, 5.74) is 0.715. The number of carbonyl (C=O) groups excluding carboxylic acids is 2. The first-order valence-corrected chi connectivity index (χ1v) is 10.3. The van der Waals surface area contributed by atoms with Crippen LogP contribution >= 0.6 is 0 Å². The summed E-state index contributed by atoms with van der Waals surface area (Å²) < 4.78 is 5.85. The SMILES string of the molecule is CCC(=O)c1cc(NC(C)(C)CCOC(C)CCC(=O)C(C)C)cc(C(=O)O)c1. The Morgan fingerprint density at radius 3 is 2.28 bits per heavy atom. The summed E-state index contributed by atoms with van der Waals surface area (Å²) in [6.07, 6.45) is 2.23. The van der Waals surface area contributed by atoms with Crippen LogP contribution in [0, 0.1) is 5.92 Å². The number of ketones is 2. The minimum absolute atomic E-state index is 0.00221. The third-order valence-electron chi connectivity index (χ3n) is 4.88. The van der Waals surface area contributed by atoms with E-state index < -0.39 is 5.97 Å². The molecule has 0 spiro atoms. The number of hydrogen-bond acceptors (Lipinski definition) is 5. The minimum Gasteiger partial charge on any atom is -0.478 e. The lowest BCUT2D eigenvalue weighted by Crippen LogP contribution is -2.33. The smallest absolute Gasteiger partial charge is 0.335 e. The number of anilines is 1. The van der Waals surface area contributed by atoms with Crippen molar-refractivity contribution >= 4 is 23.2 Å². The first kappa shape index (κ1) is 24.8. The summed E-state index contributed by atoms with van der Waals surface area (Å²) >= 11 is 0. The second-order valence-corrected chi connectivity index (χ2v) is 8.48. The molecular weight excluding hydrogens is 370 g/mol. The van der Waals surface area contributed by atoms with Gasteiger partial charge in [-0.2, -0.15) is 0 Å². The maximum atomic E-state index is 12.0. The molecule has 1 rings (SSSR count). The maximum Gasteiger partial charge on any atom is 0.335 e. The fourth-order valence-corrected chi connectivity index (χ4v) is 2.87. The fraction of sp³-hybridized carbons (Fsp3) is 0.609. The first-order chi connectivity index (χ1) is 13.4. The Morgan fingerprint density at radius 1 is 1.10 bits per heavy atom. The third-order valence-corrected chi connectivity index (χ3v) is 4.88. The molecule has 1 unspecified atom stereocenters. The number of benzene rings is 1. The van der Waals surface area contributed by atoms with Crippen LogP contribution in [-0.2, 0) is 9.53 Å². The molecule has 0 fully saturated rings. The first-order valence-electron chi connectivity index (χ1n) is 10.3. The second kappa shape index (κ2) is 11.1. The number of rotatable bonds is 13.